The number of likely N-dealkylation sites (tertiary alicyclic amines) is 1. The van der Waals surface area contributed by atoms with Gasteiger partial charge in [-0.1, -0.05) is 31.2 Å². The van der Waals surface area contributed by atoms with Crippen molar-refractivity contribution in [1.82, 2.24) is 10.2 Å². The topological polar surface area (TPSA) is 32.3 Å². The van der Waals surface area contributed by atoms with Gasteiger partial charge in [0.2, 0.25) is 0 Å². The highest BCUT2D eigenvalue weighted by Crippen LogP contribution is 2.62. The summed E-state index contributed by atoms with van der Waals surface area (Å²) in [7, 11) is 0. The van der Waals surface area contributed by atoms with Gasteiger partial charge in [-0.25, -0.2) is 4.79 Å². The van der Waals surface area contributed by atoms with Gasteiger partial charge in [0.05, 0.1) is 0 Å². The van der Waals surface area contributed by atoms with Crippen LogP contribution in [-0.4, -0.2) is 29.6 Å². The summed E-state index contributed by atoms with van der Waals surface area (Å²) < 4.78 is 0. The van der Waals surface area contributed by atoms with E-state index in [2.05, 4.69) is 41.4 Å². The summed E-state index contributed by atoms with van der Waals surface area (Å²) in [5.74, 6) is 1.23. The average molecular weight is 338 g/mol. The quantitative estimate of drug-likeness (QED) is 0.785. The van der Waals surface area contributed by atoms with Crippen molar-refractivity contribution in [2.45, 2.75) is 75.7 Å². The van der Waals surface area contributed by atoms with Crippen LogP contribution in [0.2, 0.25) is 0 Å². The lowest BCUT2D eigenvalue weighted by Crippen LogP contribution is -2.60. The zero-order valence-electron chi connectivity index (χ0n) is 15.4. The van der Waals surface area contributed by atoms with Crippen LogP contribution in [-0.2, 0) is 0 Å². The Balaban J connectivity index is 1.46. The van der Waals surface area contributed by atoms with Crippen LogP contribution in [0.15, 0.2) is 24.3 Å². The smallest absolute Gasteiger partial charge is 0.317 e. The van der Waals surface area contributed by atoms with E-state index in [1.54, 1.807) is 11.1 Å². The molecule has 25 heavy (non-hydrogen) atoms. The van der Waals surface area contributed by atoms with Crippen molar-refractivity contribution >= 4 is 6.03 Å². The molecule has 0 spiro atoms. The molecule has 1 heterocycles. The van der Waals surface area contributed by atoms with Crippen molar-refractivity contribution in [3.05, 3.63) is 35.4 Å². The monoisotopic (exact) mass is 338 g/mol. The number of piperidine rings is 1. The Morgan fingerprint density at radius 3 is 2.20 bits per heavy atom. The minimum atomic E-state index is 0.00807. The van der Waals surface area contributed by atoms with Crippen molar-refractivity contribution in [2.24, 2.45) is 5.41 Å². The van der Waals surface area contributed by atoms with Gasteiger partial charge in [0, 0.05) is 18.6 Å². The molecule has 4 bridgehead atoms. The van der Waals surface area contributed by atoms with Gasteiger partial charge in [0.1, 0.15) is 0 Å². The highest BCUT2D eigenvalue weighted by Gasteiger charge is 2.55. The molecule has 1 N–H and O–H groups in total. The highest BCUT2D eigenvalue weighted by molar-refractivity contribution is 5.75. The second-order valence-electron chi connectivity index (χ2n) is 9.58. The van der Waals surface area contributed by atoms with Crippen LogP contribution < -0.4 is 5.32 Å². The number of urea groups is 1. The molecular weight excluding hydrogens is 308 g/mol. The van der Waals surface area contributed by atoms with E-state index in [9.17, 15) is 4.79 Å². The maximum absolute atomic E-state index is 13.0. The third kappa shape index (κ3) is 2.58. The molecule has 2 saturated carbocycles. The standard InChI is InChI=1S/C22H30N2O/c1-21-11-16-13-22(15-21,23-20(25)24-9-5-2-6-10-24)14-17(12-21)19-8-4-3-7-18(16)19/h3-4,7-8,16-17H,2,5-6,9-15H2,1H3,(H,23,25). The molecule has 3 heteroatoms. The number of amides is 2. The van der Waals surface area contributed by atoms with Gasteiger partial charge in [-0.05, 0) is 79.7 Å². The fraction of sp³-hybridized carbons (Fsp3) is 0.682. The van der Waals surface area contributed by atoms with Crippen LogP contribution in [0.1, 0.15) is 81.3 Å². The number of hydrogen-bond donors (Lipinski definition) is 1. The van der Waals surface area contributed by atoms with E-state index in [4.69, 9.17) is 0 Å². The molecule has 2 atom stereocenters. The van der Waals surface area contributed by atoms with E-state index < -0.39 is 0 Å². The normalized spacial score (nSPS) is 39.0. The number of nitrogens with one attached hydrogen (secondary N) is 1. The molecule has 2 amide bonds. The van der Waals surface area contributed by atoms with Crippen molar-refractivity contribution < 1.29 is 4.79 Å². The lowest BCUT2D eigenvalue weighted by atomic mass is 9.55. The lowest BCUT2D eigenvalue weighted by molar-refractivity contribution is 0.0334. The minimum absolute atomic E-state index is 0.00807. The third-order valence-corrected chi connectivity index (χ3v) is 7.41. The van der Waals surface area contributed by atoms with Crippen molar-refractivity contribution in [3.8, 4) is 0 Å². The van der Waals surface area contributed by atoms with Gasteiger partial charge < -0.3 is 10.2 Å². The highest BCUT2D eigenvalue weighted by atomic mass is 16.2. The zero-order chi connectivity index (χ0) is 17.1. The van der Waals surface area contributed by atoms with Crippen molar-refractivity contribution in [2.75, 3.05) is 13.1 Å². The van der Waals surface area contributed by atoms with Crippen LogP contribution in [0.25, 0.3) is 0 Å². The Hall–Kier alpha value is -1.51. The molecule has 2 unspecified atom stereocenters. The summed E-state index contributed by atoms with van der Waals surface area (Å²) in [4.78, 5) is 15.1. The van der Waals surface area contributed by atoms with E-state index >= 15 is 0 Å². The molecule has 1 saturated heterocycles. The van der Waals surface area contributed by atoms with Crippen LogP contribution in [0.5, 0.6) is 0 Å². The van der Waals surface area contributed by atoms with Crippen LogP contribution in [0, 0.1) is 5.41 Å². The van der Waals surface area contributed by atoms with E-state index in [0.717, 1.165) is 38.8 Å². The third-order valence-electron chi connectivity index (χ3n) is 7.41. The van der Waals surface area contributed by atoms with Crippen molar-refractivity contribution in [1.29, 1.82) is 0 Å². The molecule has 5 aliphatic rings. The summed E-state index contributed by atoms with van der Waals surface area (Å²) in [5.41, 5.74) is 3.53. The Morgan fingerprint density at radius 1 is 1.00 bits per heavy atom. The number of carbonyl (C=O) groups excluding carboxylic acids is 1. The zero-order valence-corrected chi connectivity index (χ0v) is 15.4. The number of carbonyl (C=O) groups is 1. The molecule has 0 radical (unpaired) electrons. The van der Waals surface area contributed by atoms with Gasteiger partial charge in [0.25, 0.3) is 0 Å². The summed E-state index contributed by atoms with van der Waals surface area (Å²) in [6.45, 7) is 4.34. The lowest BCUT2D eigenvalue weighted by Gasteiger charge is -2.54. The Bertz CT molecular complexity index is 656. The average Bonchev–Trinajstić information content (AvgIpc) is 2.74. The molecule has 3 fully saturated rings. The van der Waals surface area contributed by atoms with Gasteiger partial charge in [-0.15, -0.1) is 0 Å². The predicted molar refractivity (Wildman–Crippen MR) is 99.8 cm³/mol. The van der Waals surface area contributed by atoms with Gasteiger partial charge >= 0.3 is 6.03 Å². The van der Waals surface area contributed by atoms with E-state index in [0.29, 0.717) is 17.3 Å². The van der Waals surface area contributed by atoms with E-state index in [1.165, 1.54) is 25.7 Å². The molecule has 1 aromatic carbocycles. The first-order chi connectivity index (χ1) is 12.1. The summed E-state index contributed by atoms with van der Waals surface area (Å²) in [6, 6.07) is 9.31. The summed E-state index contributed by atoms with van der Waals surface area (Å²) in [6.07, 6.45) is 9.62. The Morgan fingerprint density at radius 2 is 1.60 bits per heavy atom. The molecule has 1 aliphatic heterocycles. The van der Waals surface area contributed by atoms with E-state index in [1.807, 2.05) is 0 Å². The second kappa shape index (κ2) is 5.49. The first-order valence-electron chi connectivity index (χ1n) is 10.2. The first kappa shape index (κ1) is 15.7. The molecule has 134 valence electrons. The molecule has 1 aromatic rings. The largest absolute Gasteiger partial charge is 0.332 e. The van der Waals surface area contributed by atoms with Gasteiger partial charge in [0.15, 0.2) is 0 Å². The van der Waals surface area contributed by atoms with Crippen LogP contribution in [0.3, 0.4) is 0 Å². The predicted octanol–water partition coefficient (Wildman–Crippen LogP) is 4.79. The number of benzene rings is 1. The van der Waals surface area contributed by atoms with E-state index in [-0.39, 0.29) is 11.6 Å². The number of nitrogens with zero attached hydrogens (tertiary/aromatic N) is 1. The van der Waals surface area contributed by atoms with Crippen LogP contribution in [0.4, 0.5) is 4.79 Å². The van der Waals surface area contributed by atoms with Crippen LogP contribution >= 0.6 is 0 Å². The fourth-order valence-electron chi connectivity index (χ4n) is 6.79. The molecular formula is C22H30N2O. The fourth-order valence-corrected chi connectivity index (χ4v) is 6.79. The molecule has 6 rings (SSSR count). The summed E-state index contributed by atoms with van der Waals surface area (Å²) in [5, 5.41) is 3.58. The molecule has 0 aromatic heterocycles. The maximum atomic E-state index is 13.0. The summed E-state index contributed by atoms with van der Waals surface area (Å²) >= 11 is 0. The SMILES string of the molecule is CC12CC3CC(NC(=O)N4CCCCC4)(CC(C1)c1ccccc13)C2. The minimum Gasteiger partial charge on any atom is -0.332 e. The molecule has 3 nitrogen and oxygen atoms in total. The first-order valence-corrected chi connectivity index (χ1v) is 10.2. The van der Waals surface area contributed by atoms with Gasteiger partial charge in [-0.3, -0.25) is 0 Å². The molecule has 4 aliphatic carbocycles. The number of hydrogen-bond acceptors (Lipinski definition) is 1. The Labute approximate surface area is 151 Å². The van der Waals surface area contributed by atoms with Crippen molar-refractivity contribution in [3.63, 3.8) is 0 Å². The van der Waals surface area contributed by atoms with Gasteiger partial charge in [-0.2, -0.15) is 0 Å². The Kier molecular flexibility index (Phi) is 3.45. The maximum Gasteiger partial charge on any atom is 0.317 e. The second-order valence-corrected chi connectivity index (χ2v) is 9.58. The number of rotatable bonds is 1.